The summed E-state index contributed by atoms with van der Waals surface area (Å²) in [7, 11) is -3.48. The normalized spacial score (nSPS) is 16.9. The number of sulfonamides is 1. The number of carbonyl (C=O) groups excluding carboxylic acids is 1. The first-order chi connectivity index (χ1) is 17.3. The largest absolute Gasteiger partial charge is 0.352 e. The van der Waals surface area contributed by atoms with Crippen molar-refractivity contribution in [3.8, 4) is 11.3 Å². The average molecular weight is 506 g/mol. The van der Waals surface area contributed by atoms with Gasteiger partial charge in [0.05, 0.1) is 10.6 Å². The molecule has 0 N–H and O–H groups in total. The van der Waals surface area contributed by atoms with E-state index in [9.17, 15) is 13.2 Å². The van der Waals surface area contributed by atoms with Gasteiger partial charge in [0.1, 0.15) is 0 Å². The standard InChI is InChI=1S/C27H31N5O3S/c1-20-5-6-23(19-21(20)2)25-11-12-26(29-28-25)30-15-17-31(18-16-30)27(33)22-7-9-24(10-8-22)36(34,35)32-13-3-4-14-32/h5-12,19H,3-4,13-18H2,1-2H3. The number of amides is 1. The number of hydrogen-bond donors (Lipinski definition) is 0. The molecule has 3 aromatic rings. The van der Waals surface area contributed by atoms with Crippen LogP contribution in [0.1, 0.15) is 34.3 Å². The Bertz CT molecular complexity index is 1340. The van der Waals surface area contributed by atoms with Crippen LogP contribution < -0.4 is 4.90 Å². The van der Waals surface area contributed by atoms with Crippen molar-refractivity contribution in [2.24, 2.45) is 0 Å². The van der Waals surface area contributed by atoms with Gasteiger partial charge in [0, 0.05) is 50.4 Å². The molecule has 2 aliphatic rings. The van der Waals surface area contributed by atoms with Gasteiger partial charge in [0.2, 0.25) is 10.0 Å². The first-order valence-electron chi connectivity index (χ1n) is 12.4. The van der Waals surface area contributed by atoms with Crippen molar-refractivity contribution in [3.05, 3.63) is 71.3 Å². The second kappa shape index (κ2) is 9.99. The smallest absolute Gasteiger partial charge is 0.253 e. The molecule has 0 unspecified atom stereocenters. The van der Waals surface area contributed by atoms with E-state index in [1.165, 1.54) is 15.4 Å². The van der Waals surface area contributed by atoms with Gasteiger partial charge >= 0.3 is 0 Å². The Balaban J connectivity index is 1.20. The first kappa shape index (κ1) is 24.4. The van der Waals surface area contributed by atoms with Crippen LogP contribution in [0, 0.1) is 13.8 Å². The van der Waals surface area contributed by atoms with Gasteiger partial charge in [-0.05, 0) is 80.3 Å². The van der Waals surface area contributed by atoms with Crippen LogP contribution in [-0.4, -0.2) is 73.0 Å². The SMILES string of the molecule is Cc1ccc(-c2ccc(N3CCN(C(=O)c4ccc(S(=O)(=O)N5CCCC5)cc4)CC3)nn2)cc1C. The third-order valence-corrected chi connectivity index (χ3v) is 9.06. The summed E-state index contributed by atoms with van der Waals surface area (Å²) in [5, 5.41) is 8.86. The Hall–Kier alpha value is -3.30. The van der Waals surface area contributed by atoms with E-state index in [1.54, 1.807) is 29.2 Å². The summed E-state index contributed by atoms with van der Waals surface area (Å²) in [4.78, 5) is 17.2. The van der Waals surface area contributed by atoms with Gasteiger partial charge in [-0.3, -0.25) is 4.79 Å². The summed E-state index contributed by atoms with van der Waals surface area (Å²) in [6.07, 6.45) is 1.79. The number of benzene rings is 2. The Morgan fingerprint density at radius 3 is 2.08 bits per heavy atom. The molecule has 0 bridgehead atoms. The lowest BCUT2D eigenvalue weighted by atomic mass is 10.0. The Kier molecular flexibility index (Phi) is 6.77. The zero-order chi connectivity index (χ0) is 25.3. The molecule has 2 fully saturated rings. The number of hydrogen-bond acceptors (Lipinski definition) is 6. The summed E-state index contributed by atoms with van der Waals surface area (Å²) < 4.78 is 27.0. The van der Waals surface area contributed by atoms with Crippen LogP contribution in [0.15, 0.2) is 59.5 Å². The van der Waals surface area contributed by atoms with Crippen molar-refractivity contribution in [1.29, 1.82) is 0 Å². The minimum absolute atomic E-state index is 0.0871. The van der Waals surface area contributed by atoms with Gasteiger partial charge in [0.25, 0.3) is 5.91 Å². The van der Waals surface area contributed by atoms with Crippen molar-refractivity contribution >= 4 is 21.7 Å². The second-order valence-electron chi connectivity index (χ2n) is 9.49. The lowest BCUT2D eigenvalue weighted by molar-refractivity contribution is 0.0746. The van der Waals surface area contributed by atoms with Gasteiger partial charge in [0.15, 0.2) is 5.82 Å². The van der Waals surface area contributed by atoms with E-state index in [0.29, 0.717) is 44.8 Å². The maximum absolute atomic E-state index is 13.0. The summed E-state index contributed by atoms with van der Waals surface area (Å²) >= 11 is 0. The highest BCUT2D eigenvalue weighted by atomic mass is 32.2. The lowest BCUT2D eigenvalue weighted by Gasteiger charge is -2.35. The van der Waals surface area contributed by atoms with Gasteiger partial charge in [-0.25, -0.2) is 8.42 Å². The van der Waals surface area contributed by atoms with Crippen molar-refractivity contribution in [3.63, 3.8) is 0 Å². The predicted molar refractivity (Wildman–Crippen MR) is 139 cm³/mol. The predicted octanol–water partition coefficient (Wildman–Crippen LogP) is 3.51. The fraction of sp³-hybridized carbons (Fsp3) is 0.370. The van der Waals surface area contributed by atoms with Crippen LogP contribution in [0.25, 0.3) is 11.3 Å². The van der Waals surface area contributed by atoms with Crippen LogP contribution in [0.2, 0.25) is 0 Å². The van der Waals surface area contributed by atoms with E-state index < -0.39 is 10.0 Å². The third-order valence-electron chi connectivity index (χ3n) is 7.15. The monoisotopic (exact) mass is 505 g/mol. The van der Waals surface area contributed by atoms with Gasteiger partial charge in [-0.2, -0.15) is 4.31 Å². The molecule has 5 rings (SSSR count). The van der Waals surface area contributed by atoms with Crippen molar-refractivity contribution in [2.75, 3.05) is 44.2 Å². The average Bonchev–Trinajstić information content (AvgIpc) is 3.46. The number of piperazine rings is 1. The number of nitrogens with zero attached hydrogens (tertiary/aromatic N) is 5. The number of rotatable bonds is 5. The molecule has 0 radical (unpaired) electrons. The molecular formula is C27H31N5O3S. The fourth-order valence-corrected chi connectivity index (χ4v) is 6.23. The summed E-state index contributed by atoms with van der Waals surface area (Å²) in [6.45, 7) is 7.74. The second-order valence-corrected chi connectivity index (χ2v) is 11.4. The van der Waals surface area contributed by atoms with Crippen LogP contribution in [0.3, 0.4) is 0 Å². The highest BCUT2D eigenvalue weighted by Gasteiger charge is 2.28. The maximum atomic E-state index is 13.0. The quantitative estimate of drug-likeness (QED) is 0.528. The maximum Gasteiger partial charge on any atom is 0.253 e. The molecule has 36 heavy (non-hydrogen) atoms. The van der Waals surface area contributed by atoms with E-state index >= 15 is 0 Å². The number of anilines is 1. The minimum Gasteiger partial charge on any atom is -0.352 e. The molecule has 0 atom stereocenters. The molecule has 0 spiro atoms. The summed E-state index contributed by atoms with van der Waals surface area (Å²) in [6, 6.07) is 16.6. The number of aryl methyl sites for hydroxylation is 2. The molecule has 1 amide bonds. The molecule has 0 aliphatic carbocycles. The molecule has 2 aliphatic heterocycles. The topological polar surface area (TPSA) is 86.7 Å². The highest BCUT2D eigenvalue weighted by Crippen LogP contribution is 2.23. The molecule has 188 valence electrons. The minimum atomic E-state index is -3.48. The van der Waals surface area contributed by atoms with Crippen LogP contribution in [0.4, 0.5) is 5.82 Å². The van der Waals surface area contributed by atoms with E-state index in [2.05, 4.69) is 47.1 Å². The Morgan fingerprint density at radius 1 is 0.778 bits per heavy atom. The molecule has 9 heteroatoms. The number of aromatic nitrogens is 2. The summed E-state index contributed by atoms with van der Waals surface area (Å²) in [5.74, 6) is 0.710. The molecule has 3 heterocycles. The summed E-state index contributed by atoms with van der Waals surface area (Å²) in [5.41, 5.74) is 4.86. The zero-order valence-electron chi connectivity index (χ0n) is 20.7. The molecule has 1 aromatic heterocycles. The number of carbonyl (C=O) groups is 1. The lowest BCUT2D eigenvalue weighted by Crippen LogP contribution is -2.49. The van der Waals surface area contributed by atoms with E-state index in [-0.39, 0.29) is 10.8 Å². The molecule has 8 nitrogen and oxygen atoms in total. The van der Waals surface area contributed by atoms with Crippen molar-refractivity contribution in [1.82, 2.24) is 19.4 Å². The van der Waals surface area contributed by atoms with E-state index in [0.717, 1.165) is 29.9 Å². The Labute approximate surface area is 212 Å². The molecule has 2 saturated heterocycles. The van der Waals surface area contributed by atoms with E-state index in [4.69, 9.17) is 0 Å². The molecule has 2 aromatic carbocycles. The molecular weight excluding hydrogens is 474 g/mol. The van der Waals surface area contributed by atoms with Gasteiger partial charge < -0.3 is 9.80 Å². The Morgan fingerprint density at radius 2 is 1.47 bits per heavy atom. The van der Waals surface area contributed by atoms with E-state index in [1.807, 2.05) is 12.1 Å². The van der Waals surface area contributed by atoms with Crippen LogP contribution in [0.5, 0.6) is 0 Å². The zero-order valence-corrected chi connectivity index (χ0v) is 21.5. The van der Waals surface area contributed by atoms with Crippen molar-refractivity contribution < 1.29 is 13.2 Å². The van der Waals surface area contributed by atoms with Crippen LogP contribution >= 0.6 is 0 Å². The molecule has 0 saturated carbocycles. The van der Waals surface area contributed by atoms with Crippen LogP contribution in [-0.2, 0) is 10.0 Å². The van der Waals surface area contributed by atoms with Gasteiger partial charge in [-0.1, -0.05) is 12.1 Å². The van der Waals surface area contributed by atoms with Gasteiger partial charge in [-0.15, -0.1) is 10.2 Å². The van der Waals surface area contributed by atoms with Crippen molar-refractivity contribution in [2.45, 2.75) is 31.6 Å². The first-order valence-corrected chi connectivity index (χ1v) is 13.8. The highest BCUT2D eigenvalue weighted by molar-refractivity contribution is 7.89. The fourth-order valence-electron chi connectivity index (χ4n) is 4.72. The third kappa shape index (κ3) is 4.85.